The molecule has 1 aromatic heterocycles. The minimum absolute atomic E-state index is 0.120. The van der Waals surface area contributed by atoms with Crippen LogP contribution in [0.25, 0.3) is 22.2 Å². The Morgan fingerprint density at radius 2 is 1.64 bits per heavy atom. The molecule has 25 heavy (non-hydrogen) atoms. The first-order valence-corrected chi connectivity index (χ1v) is 7.54. The molecule has 122 valence electrons. The molecule has 0 aliphatic carbocycles. The molecule has 0 aliphatic rings. The molecule has 0 aliphatic heterocycles. The number of nitro groups is 1. The summed E-state index contributed by atoms with van der Waals surface area (Å²) in [6, 6.07) is 20.8. The van der Waals surface area contributed by atoms with Crippen LogP contribution in [0.15, 0.2) is 71.4 Å². The molecule has 0 saturated heterocycles. The van der Waals surface area contributed by atoms with Gasteiger partial charge >= 0.3 is 5.69 Å². The van der Waals surface area contributed by atoms with Gasteiger partial charge in [0.15, 0.2) is 5.52 Å². The Hall–Kier alpha value is -3.74. The van der Waals surface area contributed by atoms with Crippen molar-refractivity contribution in [1.82, 2.24) is 10.3 Å². The lowest BCUT2D eigenvalue weighted by molar-refractivity contribution is -0.383. The Morgan fingerprint density at radius 3 is 2.44 bits per heavy atom. The predicted octanol–water partition coefficient (Wildman–Crippen LogP) is 4.54. The summed E-state index contributed by atoms with van der Waals surface area (Å²) in [4.78, 5) is 10.6. The summed E-state index contributed by atoms with van der Waals surface area (Å²) in [5.74, 6) is 0. The third kappa shape index (κ3) is 2.78. The molecule has 0 radical (unpaired) electrons. The molecule has 0 fully saturated rings. The average Bonchev–Trinajstić information content (AvgIpc) is 3.13. The van der Waals surface area contributed by atoms with Crippen molar-refractivity contribution in [2.45, 2.75) is 0 Å². The molecule has 0 unspecified atom stereocenters. The molecule has 4 aromatic rings. The fraction of sp³-hybridized carbons (Fsp3) is 0. The highest BCUT2D eigenvalue weighted by Gasteiger charge is 2.19. The summed E-state index contributed by atoms with van der Waals surface area (Å²) in [6.07, 6.45) is 0. The minimum atomic E-state index is -0.508. The second-order valence-electron chi connectivity index (χ2n) is 5.42. The van der Waals surface area contributed by atoms with E-state index in [2.05, 4.69) is 20.3 Å². The van der Waals surface area contributed by atoms with Crippen LogP contribution in [0, 0.1) is 10.1 Å². The number of hydrogen-bond acceptors (Lipinski definition) is 6. The highest BCUT2D eigenvalue weighted by atomic mass is 16.6. The second-order valence-corrected chi connectivity index (χ2v) is 5.42. The van der Waals surface area contributed by atoms with Crippen molar-refractivity contribution in [1.29, 1.82) is 0 Å². The average molecular weight is 332 g/mol. The summed E-state index contributed by atoms with van der Waals surface area (Å²) >= 11 is 0. The van der Waals surface area contributed by atoms with E-state index in [1.54, 1.807) is 6.07 Å². The van der Waals surface area contributed by atoms with Crippen molar-refractivity contribution < 1.29 is 9.55 Å². The van der Waals surface area contributed by atoms with Crippen LogP contribution in [0.1, 0.15) is 0 Å². The van der Waals surface area contributed by atoms with E-state index in [-0.39, 0.29) is 11.2 Å². The van der Waals surface area contributed by atoms with E-state index in [1.807, 2.05) is 54.6 Å². The third-order valence-corrected chi connectivity index (χ3v) is 3.84. The van der Waals surface area contributed by atoms with Crippen LogP contribution >= 0.6 is 0 Å². The van der Waals surface area contributed by atoms with Gasteiger partial charge in [-0.3, -0.25) is 10.1 Å². The quantitative estimate of drug-likeness (QED) is 0.435. The monoisotopic (exact) mass is 332 g/mol. The van der Waals surface area contributed by atoms with Crippen molar-refractivity contribution in [2.24, 2.45) is 0 Å². The zero-order chi connectivity index (χ0) is 17.2. The fourth-order valence-electron chi connectivity index (χ4n) is 2.66. The Bertz CT molecular complexity index is 1060. The van der Waals surface area contributed by atoms with Gasteiger partial charge in [-0.15, -0.1) is 0 Å². The maximum Gasteiger partial charge on any atom is 0.300 e. The van der Waals surface area contributed by atoms with Gasteiger partial charge in [0, 0.05) is 11.8 Å². The van der Waals surface area contributed by atoms with Gasteiger partial charge in [-0.1, -0.05) is 42.5 Å². The Balaban J connectivity index is 1.72. The highest BCUT2D eigenvalue weighted by molar-refractivity contribution is 5.95. The standard InChI is InChI=1S/C18H12N4O3/c23-22(24)16-10-9-15(17-18(16)21-25-20-17)19-14-8-4-7-13(11-14)12-5-2-1-3-6-12/h1-11,19H. The number of non-ortho nitro benzene ring substituents is 1. The fourth-order valence-corrected chi connectivity index (χ4v) is 2.66. The number of fused-ring (bicyclic) bond motifs is 1. The van der Waals surface area contributed by atoms with E-state index in [0.717, 1.165) is 16.8 Å². The number of anilines is 2. The Morgan fingerprint density at radius 1 is 0.880 bits per heavy atom. The van der Waals surface area contributed by atoms with Gasteiger partial charge in [0.1, 0.15) is 0 Å². The number of hydrogen-bond donors (Lipinski definition) is 1. The van der Waals surface area contributed by atoms with Crippen LogP contribution in [0.3, 0.4) is 0 Å². The molecule has 4 rings (SSSR count). The SMILES string of the molecule is O=[N+]([O-])c1ccc(Nc2cccc(-c3ccccc3)c2)c2nonc12. The molecular weight excluding hydrogens is 320 g/mol. The lowest BCUT2D eigenvalue weighted by atomic mass is 10.1. The molecule has 1 N–H and O–H groups in total. The van der Waals surface area contributed by atoms with Crippen LogP contribution in [0.5, 0.6) is 0 Å². The van der Waals surface area contributed by atoms with Crippen LogP contribution < -0.4 is 5.32 Å². The van der Waals surface area contributed by atoms with Gasteiger partial charge in [-0.05, 0) is 39.6 Å². The van der Waals surface area contributed by atoms with Crippen LogP contribution in [-0.2, 0) is 0 Å². The molecule has 0 spiro atoms. The summed E-state index contributed by atoms with van der Waals surface area (Å²) in [7, 11) is 0. The zero-order valence-electron chi connectivity index (χ0n) is 12.9. The number of nitro benzene ring substituents is 1. The van der Waals surface area contributed by atoms with Crippen molar-refractivity contribution in [3.63, 3.8) is 0 Å². The van der Waals surface area contributed by atoms with Crippen molar-refractivity contribution in [3.8, 4) is 11.1 Å². The zero-order valence-corrected chi connectivity index (χ0v) is 12.9. The number of rotatable bonds is 4. The molecular formula is C18H12N4O3. The molecule has 1 heterocycles. The van der Waals surface area contributed by atoms with E-state index < -0.39 is 4.92 Å². The Labute approximate surface area is 142 Å². The van der Waals surface area contributed by atoms with E-state index in [0.29, 0.717) is 11.2 Å². The number of benzene rings is 3. The molecule has 0 saturated carbocycles. The topological polar surface area (TPSA) is 94.1 Å². The maximum atomic E-state index is 11.1. The van der Waals surface area contributed by atoms with Gasteiger partial charge in [0.05, 0.1) is 10.6 Å². The number of nitrogens with one attached hydrogen (secondary N) is 1. The molecule has 0 amide bonds. The Kier molecular flexibility index (Phi) is 3.59. The molecule has 7 nitrogen and oxygen atoms in total. The van der Waals surface area contributed by atoms with Crippen molar-refractivity contribution in [2.75, 3.05) is 5.32 Å². The van der Waals surface area contributed by atoms with Gasteiger partial charge in [0.2, 0.25) is 5.52 Å². The minimum Gasteiger partial charge on any atom is -0.354 e. The smallest absolute Gasteiger partial charge is 0.300 e. The summed E-state index contributed by atoms with van der Waals surface area (Å²) < 4.78 is 4.68. The summed E-state index contributed by atoms with van der Waals surface area (Å²) in [5.41, 5.74) is 3.88. The molecule has 7 heteroatoms. The van der Waals surface area contributed by atoms with Crippen LogP contribution in [0.4, 0.5) is 17.1 Å². The first-order valence-electron chi connectivity index (χ1n) is 7.54. The predicted molar refractivity (Wildman–Crippen MR) is 93.6 cm³/mol. The molecule has 3 aromatic carbocycles. The summed E-state index contributed by atoms with van der Waals surface area (Å²) in [5, 5.41) is 21.7. The molecule has 0 atom stereocenters. The lowest BCUT2D eigenvalue weighted by Gasteiger charge is -2.09. The van der Waals surface area contributed by atoms with Gasteiger partial charge in [-0.2, -0.15) is 0 Å². The van der Waals surface area contributed by atoms with Crippen LogP contribution in [-0.4, -0.2) is 15.2 Å². The second kappa shape index (κ2) is 6.04. The first kappa shape index (κ1) is 14.8. The van der Waals surface area contributed by atoms with E-state index in [4.69, 9.17) is 0 Å². The van der Waals surface area contributed by atoms with E-state index in [1.165, 1.54) is 6.07 Å². The van der Waals surface area contributed by atoms with E-state index in [9.17, 15) is 10.1 Å². The largest absolute Gasteiger partial charge is 0.354 e. The van der Waals surface area contributed by atoms with Crippen LogP contribution in [0.2, 0.25) is 0 Å². The van der Waals surface area contributed by atoms with Gasteiger partial charge in [0.25, 0.3) is 0 Å². The summed E-state index contributed by atoms with van der Waals surface area (Å²) in [6.45, 7) is 0. The number of nitrogens with zero attached hydrogens (tertiary/aromatic N) is 3. The lowest BCUT2D eigenvalue weighted by Crippen LogP contribution is -1.95. The molecule has 0 bridgehead atoms. The maximum absolute atomic E-state index is 11.1. The number of aromatic nitrogens is 2. The van der Waals surface area contributed by atoms with E-state index >= 15 is 0 Å². The van der Waals surface area contributed by atoms with Gasteiger partial charge in [-0.25, -0.2) is 4.63 Å². The van der Waals surface area contributed by atoms with Crippen molar-refractivity contribution >= 4 is 28.1 Å². The highest BCUT2D eigenvalue weighted by Crippen LogP contribution is 2.31. The van der Waals surface area contributed by atoms with Gasteiger partial charge < -0.3 is 5.32 Å². The first-order chi connectivity index (χ1) is 12.2. The van der Waals surface area contributed by atoms with Crippen molar-refractivity contribution in [3.05, 3.63) is 76.8 Å². The third-order valence-electron chi connectivity index (χ3n) is 3.84. The normalized spacial score (nSPS) is 10.7.